The van der Waals surface area contributed by atoms with E-state index in [4.69, 9.17) is 23.7 Å². The number of carbonyl (C=O) groups is 2. The van der Waals surface area contributed by atoms with E-state index in [2.05, 4.69) is 69.2 Å². The van der Waals surface area contributed by atoms with Gasteiger partial charge in [-0.1, -0.05) is 223 Å². The lowest BCUT2D eigenvalue weighted by Gasteiger charge is -2.48. The summed E-state index contributed by atoms with van der Waals surface area (Å²) in [7, 11) is 0. The topological polar surface area (TPSA) is 80.3 Å². The highest BCUT2D eigenvalue weighted by atomic mass is 16.8. The Morgan fingerprint density at radius 3 is 0.937 bits per heavy atom. The zero-order valence-corrected chi connectivity index (χ0v) is 43.4. The molecule has 0 aromatic carbocycles. The summed E-state index contributed by atoms with van der Waals surface area (Å²) in [4.78, 5) is 26.9. The van der Waals surface area contributed by atoms with Crippen molar-refractivity contribution >= 4 is 11.9 Å². The number of carbonyl (C=O) groups excluding carboxylic acids is 2. The van der Waals surface area contributed by atoms with E-state index in [1.165, 1.54) is 154 Å². The summed E-state index contributed by atoms with van der Waals surface area (Å²) in [5.41, 5.74) is 0. The van der Waals surface area contributed by atoms with Crippen LogP contribution >= 0.6 is 0 Å². The number of hydrogen-bond acceptors (Lipinski definition) is 7. The Hall–Kier alpha value is -1.18. The van der Waals surface area contributed by atoms with E-state index in [-0.39, 0.29) is 61.0 Å². The van der Waals surface area contributed by atoms with Gasteiger partial charge in [-0.15, -0.1) is 0 Å². The van der Waals surface area contributed by atoms with Crippen LogP contribution < -0.4 is 0 Å². The van der Waals surface area contributed by atoms with Crippen LogP contribution in [0.15, 0.2) is 0 Å². The van der Waals surface area contributed by atoms with Crippen LogP contribution in [0.2, 0.25) is 0 Å². The Labute approximate surface area is 391 Å². The van der Waals surface area contributed by atoms with Gasteiger partial charge in [0.05, 0.1) is 12.2 Å². The highest BCUT2D eigenvalue weighted by Gasteiger charge is 2.46. The van der Waals surface area contributed by atoms with Crippen LogP contribution in [0.3, 0.4) is 0 Å². The first-order chi connectivity index (χ1) is 30.5. The van der Waals surface area contributed by atoms with Gasteiger partial charge in [-0.25, -0.2) is 0 Å². The average Bonchev–Trinajstić information content (AvgIpc) is 3.27. The third kappa shape index (κ3) is 24.4. The van der Waals surface area contributed by atoms with E-state index in [9.17, 15) is 9.59 Å². The third-order valence-electron chi connectivity index (χ3n) is 15.8. The van der Waals surface area contributed by atoms with Gasteiger partial charge in [-0.05, 0) is 61.2 Å². The second kappa shape index (κ2) is 35.9. The largest absolute Gasteiger partial charge is 0.463 e. The summed E-state index contributed by atoms with van der Waals surface area (Å²) in [5.74, 6) is 1.97. The Balaban J connectivity index is 1.97. The minimum absolute atomic E-state index is 0.0860. The number of unbranched alkanes of at least 4 members (excludes halogenated alkanes) is 20. The van der Waals surface area contributed by atoms with Gasteiger partial charge in [0, 0.05) is 24.7 Å². The van der Waals surface area contributed by atoms with Crippen LogP contribution in [0.25, 0.3) is 0 Å². The van der Waals surface area contributed by atoms with Crippen molar-refractivity contribution in [3.63, 3.8) is 0 Å². The minimum Gasteiger partial charge on any atom is -0.463 e. The lowest BCUT2D eigenvalue weighted by atomic mass is 9.78. The van der Waals surface area contributed by atoms with Crippen molar-refractivity contribution < 1.29 is 33.3 Å². The second-order valence-electron chi connectivity index (χ2n) is 21.1. The standard InChI is InChI=1S/C56H106O7/c1-11-15-19-23-27-31-35-49(36-32-28-24-20-16-12-2)39-53(57)59-41-51-45(7)43(5)47(9)55(61-51)63-56-48(10)44(6)46(8)52(62-56)42-60-54(58)40-50(37-33-29-25-21-17-13-3)38-34-30-26-22-18-14-4/h43-52,55-56H,11-42H2,1-10H3/t43-,44-,45-,46-,47?,48?,51?,52?,55+,56+/m0/s1. The lowest BCUT2D eigenvalue weighted by molar-refractivity contribution is -0.344. The molecule has 0 aromatic rings. The molecule has 372 valence electrons. The van der Waals surface area contributed by atoms with Crippen molar-refractivity contribution in [2.45, 2.75) is 287 Å². The first kappa shape index (κ1) is 57.9. The van der Waals surface area contributed by atoms with E-state index in [0.29, 0.717) is 36.5 Å². The summed E-state index contributed by atoms with van der Waals surface area (Å²) in [6.45, 7) is 23.0. The zero-order chi connectivity index (χ0) is 46.2. The number of ether oxygens (including phenoxy) is 5. The molecule has 2 heterocycles. The molecule has 0 spiro atoms. The molecule has 0 amide bonds. The molecule has 2 aliphatic heterocycles. The highest BCUT2D eigenvalue weighted by molar-refractivity contribution is 5.70. The third-order valence-corrected chi connectivity index (χ3v) is 15.8. The maximum Gasteiger partial charge on any atom is 0.306 e. The summed E-state index contributed by atoms with van der Waals surface area (Å²) >= 11 is 0. The molecule has 10 atom stereocenters. The molecule has 63 heavy (non-hydrogen) atoms. The van der Waals surface area contributed by atoms with Crippen molar-refractivity contribution in [3.8, 4) is 0 Å². The molecular formula is C56H106O7. The van der Waals surface area contributed by atoms with Gasteiger partial charge in [0.2, 0.25) is 0 Å². The smallest absolute Gasteiger partial charge is 0.306 e. The SMILES string of the molecule is CCCCCCCCC(CCCCCCCC)CC(=O)OCC1O[C@H](O[C@H]2OC(COC(=O)CC(CCCCCCCC)CCCCCCCC)[C@@H](C)[C@H](C)C2C)C(C)[C@@H](C)[C@@H]1C. The maximum absolute atomic E-state index is 13.4. The molecule has 0 aliphatic carbocycles. The fraction of sp³-hybridized carbons (Fsp3) is 0.964. The molecule has 2 saturated heterocycles. The minimum atomic E-state index is -0.478. The van der Waals surface area contributed by atoms with Crippen molar-refractivity contribution in [2.75, 3.05) is 13.2 Å². The van der Waals surface area contributed by atoms with Crippen LogP contribution in [0, 0.1) is 47.3 Å². The van der Waals surface area contributed by atoms with Gasteiger partial charge in [-0.3, -0.25) is 9.59 Å². The Kier molecular flexibility index (Phi) is 33.1. The second-order valence-corrected chi connectivity index (χ2v) is 21.1. The molecule has 0 aromatic heterocycles. The van der Waals surface area contributed by atoms with Crippen molar-refractivity contribution in [2.24, 2.45) is 47.3 Å². The van der Waals surface area contributed by atoms with Crippen LogP contribution in [-0.4, -0.2) is 49.9 Å². The molecular weight excluding hydrogens is 785 g/mol. The Morgan fingerprint density at radius 2 is 0.651 bits per heavy atom. The summed E-state index contributed by atoms with van der Waals surface area (Å²) < 4.78 is 32.3. The molecule has 0 bridgehead atoms. The van der Waals surface area contributed by atoms with Crippen molar-refractivity contribution in [1.29, 1.82) is 0 Å². The molecule has 2 fully saturated rings. The van der Waals surface area contributed by atoms with Crippen molar-refractivity contribution in [3.05, 3.63) is 0 Å². The van der Waals surface area contributed by atoms with Gasteiger partial charge in [0.1, 0.15) is 13.2 Å². The molecule has 4 unspecified atom stereocenters. The van der Waals surface area contributed by atoms with E-state index in [0.717, 1.165) is 25.7 Å². The van der Waals surface area contributed by atoms with Gasteiger partial charge in [-0.2, -0.15) is 0 Å². The predicted molar refractivity (Wildman–Crippen MR) is 263 cm³/mol. The molecule has 0 N–H and O–H groups in total. The quantitative estimate of drug-likeness (QED) is 0.0451. The summed E-state index contributed by atoms with van der Waals surface area (Å²) in [6.07, 6.45) is 34.7. The first-order valence-corrected chi connectivity index (χ1v) is 27.7. The molecule has 7 heteroatoms. The first-order valence-electron chi connectivity index (χ1n) is 27.7. The van der Waals surface area contributed by atoms with E-state index >= 15 is 0 Å². The van der Waals surface area contributed by atoms with Gasteiger partial charge < -0.3 is 23.7 Å². The number of rotatable bonds is 38. The van der Waals surface area contributed by atoms with E-state index < -0.39 is 12.6 Å². The monoisotopic (exact) mass is 891 g/mol. The summed E-state index contributed by atoms with van der Waals surface area (Å²) in [6, 6.07) is 0. The van der Waals surface area contributed by atoms with Crippen LogP contribution in [0.4, 0.5) is 0 Å². The molecule has 7 nitrogen and oxygen atoms in total. The van der Waals surface area contributed by atoms with Gasteiger partial charge >= 0.3 is 11.9 Å². The maximum atomic E-state index is 13.4. The lowest BCUT2D eigenvalue weighted by Crippen LogP contribution is -2.53. The molecule has 2 rings (SSSR count). The molecule has 0 radical (unpaired) electrons. The number of hydrogen-bond donors (Lipinski definition) is 0. The highest BCUT2D eigenvalue weighted by Crippen LogP contribution is 2.41. The van der Waals surface area contributed by atoms with Crippen LogP contribution in [0.5, 0.6) is 0 Å². The van der Waals surface area contributed by atoms with Crippen LogP contribution in [0.1, 0.15) is 262 Å². The summed E-state index contributed by atoms with van der Waals surface area (Å²) in [5, 5.41) is 0. The van der Waals surface area contributed by atoms with E-state index in [1.54, 1.807) is 0 Å². The van der Waals surface area contributed by atoms with Gasteiger partial charge in [0.15, 0.2) is 12.6 Å². The average molecular weight is 891 g/mol. The molecule has 0 saturated carbocycles. The predicted octanol–water partition coefficient (Wildman–Crippen LogP) is 16.4. The zero-order valence-electron chi connectivity index (χ0n) is 43.4. The number of esters is 2. The Morgan fingerprint density at radius 1 is 0.381 bits per heavy atom. The van der Waals surface area contributed by atoms with E-state index in [1.807, 2.05) is 0 Å². The van der Waals surface area contributed by atoms with Crippen molar-refractivity contribution in [1.82, 2.24) is 0 Å². The Bertz CT molecular complexity index is 997. The normalized spacial score (nSPS) is 26.4. The molecule has 2 aliphatic rings. The van der Waals surface area contributed by atoms with Crippen LogP contribution in [-0.2, 0) is 33.3 Å². The fourth-order valence-corrected chi connectivity index (χ4v) is 10.3. The fourth-order valence-electron chi connectivity index (χ4n) is 10.3. The van der Waals surface area contributed by atoms with Gasteiger partial charge in [0.25, 0.3) is 0 Å².